The molecule has 0 radical (unpaired) electrons. The van der Waals surface area contributed by atoms with Crippen molar-refractivity contribution in [1.29, 1.82) is 0 Å². The Balaban J connectivity index is 3.54. The summed E-state index contributed by atoms with van der Waals surface area (Å²) in [6.45, 7) is 4.07. The van der Waals surface area contributed by atoms with E-state index in [-0.39, 0.29) is 5.92 Å². The maximum Gasteiger partial charge on any atom is 0.116 e. The summed E-state index contributed by atoms with van der Waals surface area (Å²) >= 11 is 0. The molecule has 0 bridgehead atoms. The fraction of sp³-hybridized carbons (Fsp3) is 0.700. The topological polar surface area (TPSA) is 40.1 Å². The molecule has 2 heteroatoms. The fourth-order valence-electron chi connectivity index (χ4n) is 0.955. The number of carboxylic acids is 1. The SMILES string of the molecule is CCCCCC(C)C#CC(=O)[O-]. The largest absolute Gasteiger partial charge is 0.537 e. The van der Waals surface area contributed by atoms with Crippen molar-refractivity contribution >= 4 is 5.97 Å². The van der Waals surface area contributed by atoms with Gasteiger partial charge < -0.3 is 9.90 Å². The van der Waals surface area contributed by atoms with Gasteiger partial charge in [0.1, 0.15) is 5.97 Å². The zero-order chi connectivity index (χ0) is 9.40. The molecule has 0 aliphatic carbocycles. The van der Waals surface area contributed by atoms with Crippen molar-refractivity contribution < 1.29 is 9.90 Å². The van der Waals surface area contributed by atoms with E-state index in [2.05, 4.69) is 12.8 Å². The number of carboxylic acid groups (broad SMARTS) is 1. The Hall–Kier alpha value is -0.970. The zero-order valence-corrected chi connectivity index (χ0v) is 7.72. The Morgan fingerprint density at radius 2 is 2.17 bits per heavy atom. The molecule has 1 unspecified atom stereocenters. The minimum Gasteiger partial charge on any atom is -0.537 e. The minimum absolute atomic E-state index is 0.175. The van der Waals surface area contributed by atoms with Crippen molar-refractivity contribution in [3.8, 4) is 11.8 Å². The van der Waals surface area contributed by atoms with Crippen LogP contribution in [0, 0.1) is 17.8 Å². The molecule has 2 nitrogen and oxygen atoms in total. The Bertz CT molecular complexity index is 186. The summed E-state index contributed by atoms with van der Waals surface area (Å²) in [5.41, 5.74) is 0. The molecule has 0 amide bonds. The van der Waals surface area contributed by atoms with E-state index in [0.717, 1.165) is 12.8 Å². The minimum atomic E-state index is -1.28. The monoisotopic (exact) mass is 167 g/mol. The quantitative estimate of drug-likeness (QED) is 0.462. The van der Waals surface area contributed by atoms with Crippen LogP contribution in [-0.4, -0.2) is 5.97 Å². The first-order valence-electron chi connectivity index (χ1n) is 4.39. The lowest BCUT2D eigenvalue weighted by Crippen LogP contribution is -2.19. The maximum atomic E-state index is 9.95. The lowest BCUT2D eigenvalue weighted by atomic mass is 10.0. The van der Waals surface area contributed by atoms with Crippen molar-refractivity contribution in [2.75, 3.05) is 0 Å². The first kappa shape index (κ1) is 11.0. The van der Waals surface area contributed by atoms with Gasteiger partial charge in [0.25, 0.3) is 0 Å². The second-order valence-electron chi connectivity index (χ2n) is 2.95. The summed E-state index contributed by atoms with van der Waals surface area (Å²) in [7, 11) is 0. The van der Waals surface area contributed by atoms with E-state index in [1.807, 2.05) is 12.8 Å². The molecule has 0 fully saturated rings. The third-order valence-corrected chi connectivity index (χ3v) is 1.66. The Labute approximate surface area is 74.0 Å². The molecule has 0 aromatic rings. The van der Waals surface area contributed by atoms with E-state index in [1.54, 1.807) is 0 Å². The van der Waals surface area contributed by atoms with E-state index < -0.39 is 5.97 Å². The second kappa shape index (κ2) is 6.72. The van der Waals surface area contributed by atoms with E-state index >= 15 is 0 Å². The van der Waals surface area contributed by atoms with Crippen molar-refractivity contribution in [2.24, 2.45) is 5.92 Å². The summed E-state index contributed by atoms with van der Waals surface area (Å²) in [6.07, 6.45) is 4.48. The molecule has 0 N–H and O–H groups in total. The van der Waals surface area contributed by atoms with Gasteiger partial charge in [0.15, 0.2) is 0 Å². The van der Waals surface area contributed by atoms with Gasteiger partial charge in [-0.25, -0.2) is 0 Å². The van der Waals surface area contributed by atoms with Gasteiger partial charge in [-0.2, -0.15) is 0 Å². The first-order valence-corrected chi connectivity index (χ1v) is 4.39. The van der Waals surface area contributed by atoms with Crippen LogP contribution < -0.4 is 5.11 Å². The van der Waals surface area contributed by atoms with Crippen LogP contribution in [0.1, 0.15) is 39.5 Å². The molecule has 12 heavy (non-hydrogen) atoms. The van der Waals surface area contributed by atoms with Gasteiger partial charge in [-0.3, -0.25) is 0 Å². The zero-order valence-electron chi connectivity index (χ0n) is 7.72. The fourth-order valence-corrected chi connectivity index (χ4v) is 0.955. The van der Waals surface area contributed by atoms with Gasteiger partial charge in [-0.1, -0.05) is 39.0 Å². The molecule has 0 aromatic heterocycles. The lowest BCUT2D eigenvalue weighted by Gasteiger charge is -2.01. The molecule has 68 valence electrons. The summed E-state index contributed by atoms with van der Waals surface area (Å²) < 4.78 is 0. The Morgan fingerprint density at radius 3 is 2.67 bits per heavy atom. The first-order chi connectivity index (χ1) is 5.66. The highest BCUT2D eigenvalue weighted by molar-refractivity contribution is 5.84. The molecular weight excluding hydrogens is 152 g/mol. The van der Waals surface area contributed by atoms with Crippen LogP contribution >= 0.6 is 0 Å². The van der Waals surface area contributed by atoms with Crippen molar-refractivity contribution in [3.05, 3.63) is 0 Å². The highest BCUT2D eigenvalue weighted by Gasteiger charge is 1.95. The molecule has 0 aromatic carbocycles. The highest BCUT2D eigenvalue weighted by Crippen LogP contribution is 2.07. The predicted molar refractivity (Wildman–Crippen MR) is 46.1 cm³/mol. The number of carbonyl (C=O) groups excluding carboxylic acids is 1. The van der Waals surface area contributed by atoms with Crippen LogP contribution in [0.4, 0.5) is 0 Å². The van der Waals surface area contributed by atoms with Crippen LogP contribution in [0.3, 0.4) is 0 Å². The van der Waals surface area contributed by atoms with E-state index in [4.69, 9.17) is 0 Å². The number of rotatable bonds is 4. The molecule has 0 heterocycles. The number of hydrogen-bond donors (Lipinski definition) is 0. The summed E-state index contributed by atoms with van der Waals surface area (Å²) in [4.78, 5) is 9.95. The molecule has 0 aliphatic heterocycles. The third-order valence-electron chi connectivity index (χ3n) is 1.66. The molecule has 0 aliphatic rings. The third kappa shape index (κ3) is 7.14. The molecule has 0 rings (SSSR count). The average Bonchev–Trinajstić information content (AvgIpc) is 2.01. The summed E-state index contributed by atoms with van der Waals surface area (Å²) in [6, 6.07) is 0. The van der Waals surface area contributed by atoms with Gasteiger partial charge in [-0.15, -0.1) is 0 Å². The molecule has 0 spiro atoms. The Kier molecular flexibility index (Phi) is 6.18. The number of unbranched alkanes of at least 4 members (excludes halogenated alkanes) is 2. The van der Waals surface area contributed by atoms with Crippen LogP contribution in [0.5, 0.6) is 0 Å². The van der Waals surface area contributed by atoms with Crippen LogP contribution in [0.15, 0.2) is 0 Å². The van der Waals surface area contributed by atoms with Gasteiger partial charge in [0.05, 0.1) is 0 Å². The van der Waals surface area contributed by atoms with Crippen molar-refractivity contribution in [1.82, 2.24) is 0 Å². The van der Waals surface area contributed by atoms with Crippen LogP contribution in [-0.2, 0) is 4.79 Å². The molecule has 0 saturated carbocycles. The standard InChI is InChI=1S/C10H16O2/c1-3-4-5-6-9(2)7-8-10(11)12/h9H,3-6H2,1-2H3,(H,11,12)/p-1. The number of carbonyl (C=O) groups is 1. The lowest BCUT2D eigenvalue weighted by molar-refractivity contribution is -0.295. The van der Waals surface area contributed by atoms with E-state index in [0.29, 0.717) is 0 Å². The second-order valence-corrected chi connectivity index (χ2v) is 2.95. The Morgan fingerprint density at radius 1 is 1.50 bits per heavy atom. The molecular formula is C10H15O2-. The van der Waals surface area contributed by atoms with Gasteiger partial charge in [-0.05, 0) is 12.3 Å². The molecule has 0 saturated heterocycles. The van der Waals surface area contributed by atoms with Gasteiger partial charge >= 0.3 is 0 Å². The van der Waals surface area contributed by atoms with E-state index in [9.17, 15) is 9.90 Å². The van der Waals surface area contributed by atoms with Gasteiger partial charge in [0.2, 0.25) is 0 Å². The summed E-state index contributed by atoms with van der Waals surface area (Å²) in [5, 5.41) is 9.95. The van der Waals surface area contributed by atoms with Gasteiger partial charge in [0, 0.05) is 5.92 Å². The van der Waals surface area contributed by atoms with Crippen LogP contribution in [0.2, 0.25) is 0 Å². The van der Waals surface area contributed by atoms with Crippen LogP contribution in [0.25, 0.3) is 0 Å². The highest BCUT2D eigenvalue weighted by atomic mass is 16.4. The van der Waals surface area contributed by atoms with Crippen molar-refractivity contribution in [3.63, 3.8) is 0 Å². The average molecular weight is 167 g/mol. The predicted octanol–water partition coefficient (Wildman–Crippen LogP) is 0.956. The number of hydrogen-bond acceptors (Lipinski definition) is 2. The van der Waals surface area contributed by atoms with Crippen molar-refractivity contribution in [2.45, 2.75) is 39.5 Å². The van der Waals surface area contributed by atoms with E-state index in [1.165, 1.54) is 12.8 Å². The normalized spacial score (nSPS) is 11.5. The number of aliphatic carboxylic acids is 1. The smallest absolute Gasteiger partial charge is 0.116 e. The maximum absolute atomic E-state index is 9.95. The summed E-state index contributed by atoms with van der Waals surface area (Å²) in [5.74, 6) is 3.55. The molecule has 1 atom stereocenters.